The Morgan fingerprint density at radius 3 is 2.48 bits per heavy atom. The van der Waals surface area contributed by atoms with E-state index in [4.69, 9.17) is 0 Å². The van der Waals surface area contributed by atoms with Gasteiger partial charge in [-0.1, -0.05) is 67.6 Å². The Bertz CT molecular complexity index is 1120. The number of benzene rings is 3. The average Bonchev–Trinajstić information content (AvgIpc) is 3.22. The van der Waals surface area contributed by atoms with Gasteiger partial charge in [-0.3, -0.25) is 4.79 Å². The lowest BCUT2D eigenvalue weighted by Gasteiger charge is -2.23. The van der Waals surface area contributed by atoms with E-state index in [0.717, 1.165) is 27.6 Å². The largest absolute Gasteiger partial charge is 0.394 e. The first-order valence-corrected chi connectivity index (χ1v) is 9.80. The third-order valence-corrected chi connectivity index (χ3v) is 5.46. The number of carbonyl (C=O) groups is 1. The van der Waals surface area contributed by atoms with Gasteiger partial charge in [-0.05, 0) is 34.9 Å². The molecule has 0 fully saturated rings. The Morgan fingerprint density at radius 2 is 1.69 bits per heavy atom. The fourth-order valence-electron chi connectivity index (χ4n) is 3.74. The van der Waals surface area contributed by atoms with Crippen LogP contribution in [0.25, 0.3) is 22.0 Å². The second-order valence-corrected chi connectivity index (χ2v) is 7.29. The average molecular weight is 384 g/mol. The molecule has 1 aromatic heterocycles. The molecule has 4 nitrogen and oxygen atoms in total. The van der Waals surface area contributed by atoms with Crippen molar-refractivity contribution in [2.45, 2.75) is 18.9 Å². The maximum absolute atomic E-state index is 12.9. The number of H-pyrrole nitrogens is 1. The predicted octanol–water partition coefficient (Wildman–Crippen LogP) is 4.73. The Balaban J connectivity index is 1.55. The van der Waals surface area contributed by atoms with Gasteiger partial charge in [0.1, 0.15) is 0 Å². The van der Waals surface area contributed by atoms with Gasteiger partial charge in [-0.2, -0.15) is 0 Å². The fraction of sp³-hybridized carbons (Fsp3) is 0.160. The van der Waals surface area contributed by atoms with E-state index in [1.807, 2.05) is 79.9 Å². The van der Waals surface area contributed by atoms with Gasteiger partial charge in [0.2, 0.25) is 0 Å². The summed E-state index contributed by atoms with van der Waals surface area (Å²) >= 11 is 0. The summed E-state index contributed by atoms with van der Waals surface area (Å²) in [5, 5.41) is 14.1. The SMILES string of the molecule is C[C@H](c1c[nH]c2ccccc12)C(CO)NC(=O)c1cccc(-c2ccccc2)c1. The molecule has 146 valence electrons. The van der Waals surface area contributed by atoms with Crippen LogP contribution in [0.3, 0.4) is 0 Å². The van der Waals surface area contributed by atoms with Crippen molar-refractivity contribution in [3.63, 3.8) is 0 Å². The van der Waals surface area contributed by atoms with Crippen LogP contribution < -0.4 is 5.32 Å². The minimum absolute atomic E-state index is 0.0441. The number of nitrogens with one attached hydrogen (secondary N) is 2. The number of hydrogen-bond donors (Lipinski definition) is 3. The van der Waals surface area contributed by atoms with Crippen LogP contribution in [0.4, 0.5) is 0 Å². The molecule has 0 aliphatic rings. The van der Waals surface area contributed by atoms with Crippen molar-refractivity contribution in [2.24, 2.45) is 0 Å². The number of aliphatic hydroxyl groups is 1. The monoisotopic (exact) mass is 384 g/mol. The molecule has 0 aliphatic heterocycles. The molecule has 1 unspecified atom stereocenters. The molecule has 0 bridgehead atoms. The predicted molar refractivity (Wildman–Crippen MR) is 117 cm³/mol. The highest BCUT2D eigenvalue weighted by Gasteiger charge is 2.23. The molecular formula is C25H24N2O2. The third-order valence-electron chi connectivity index (χ3n) is 5.46. The number of rotatable bonds is 6. The third kappa shape index (κ3) is 3.93. The summed E-state index contributed by atoms with van der Waals surface area (Å²) in [5.41, 5.74) is 4.76. The highest BCUT2D eigenvalue weighted by Crippen LogP contribution is 2.28. The zero-order chi connectivity index (χ0) is 20.2. The summed E-state index contributed by atoms with van der Waals surface area (Å²) in [5.74, 6) is -0.231. The molecule has 3 aromatic carbocycles. The van der Waals surface area contributed by atoms with Gasteiger partial charge in [-0.15, -0.1) is 0 Å². The Hall–Kier alpha value is -3.37. The number of aliphatic hydroxyl groups excluding tert-OH is 1. The molecule has 3 N–H and O–H groups in total. The van der Waals surface area contributed by atoms with E-state index in [9.17, 15) is 9.90 Å². The lowest BCUT2D eigenvalue weighted by atomic mass is 9.93. The normalized spacial score (nSPS) is 13.2. The second-order valence-electron chi connectivity index (χ2n) is 7.29. The molecule has 0 saturated carbocycles. The van der Waals surface area contributed by atoms with Crippen LogP contribution in [-0.2, 0) is 0 Å². The van der Waals surface area contributed by atoms with Crippen LogP contribution in [-0.4, -0.2) is 28.6 Å². The van der Waals surface area contributed by atoms with Crippen molar-refractivity contribution in [1.29, 1.82) is 0 Å². The van der Waals surface area contributed by atoms with Crippen LogP contribution in [0.5, 0.6) is 0 Å². The smallest absolute Gasteiger partial charge is 0.251 e. The molecular weight excluding hydrogens is 360 g/mol. The first kappa shape index (κ1) is 19.0. The van der Waals surface area contributed by atoms with Crippen molar-refractivity contribution in [1.82, 2.24) is 10.3 Å². The standard InChI is InChI=1S/C25H24N2O2/c1-17(22-15-26-23-13-6-5-12-21(22)23)24(16-28)27-25(29)20-11-7-10-19(14-20)18-8-3-2-4-9-18/h2-15,17,24,26,28H,16H2,1H3,(H,27,29)/t17-,24?/m1/s1. The molecule has 29 heavy (non-hydrogen) atoms. The lowest BCUT2D eigenvalue weighted by Crippen LogP contribution is -2.41. The summed E-state index contributed by atoms with van der Waals surface area (Å²) in [6.45, 7) is 1.89. The number of amides is 1. The number of para-hydroxylation sites is 1. The van der Waals surface area contributed by atoms with Crippen LogP contribution >= 0.6 is 0 Å². The molecule has 4 aromatic rings. The summed E-state index contributed by atoms with van der Waals surface area (Å²) in [4.78, 5) is 16.2. The van der Waals surface area contributed by atoms with Crippen LogP contribution in [0.2, 0.25) is 0 Å². The molecule has 0 spiro atoms. The topological polar surface area (TPSA) is 65.1 Å². The van der Waals surface area contributed by atoms with E-state index >= 15 is 0 Å². The van der Waals surface area contributed by atoms with Gasteiger partial charge in [-0.25, -0.2) is 0 Å². The van der Waals surface area contributed by atoms with Crippen LogP contribution in [0, 0.1) is 0 Å². The van der Waals surface area contributed by atoms with Crippen molar-refractivity contribution in [3.05, 3.63) is 96.2 Å². The van der Waals surface area contributed by atoms with E-state index in [0.29, 0.717) is 5.56 Å². The first-order valence-electron chi connectivity index (χ1n) is 9.80. The molecule has 0 saturated heterocycles. The Kier molecular flexibility index (Phi) is 5.45. The summed E-state index contributed by atoms with van der Waals surface area (Å²) in [6.07, 6.45) is 1.96. The molecule has 0 aliphatic carbocycles. The van der Waals surface area contributed by atoms with Gasteiger partial charge < -0.3 is 15.4 Å². The lowest BCUT2D eigenvalue weighted by molar-refractivity contribution is 0.0907. The first-order chi connectivity index (χ1) is 14.2. The van der Waals surface area contributed by atoms with Gasteiger partial charge in [0.05, 0.1) is 12.6 Å². The van der Waals surface area contributed by atoms with Crippen LogP contribution in [0.15, 0.2) is 85.1 Å². The maximum atomic E-state index is 12.9. The number of fused-ring (bicyclic) bond motifs is 1. The molecule has 2 atom stereocenters. The van der Waals surface area contributed by atoms with Crippen molar-refractivity contribution < 1.29 is 9.90 Å². The Morgan fingerprint density at radius 1 is 0.966 bits per heavy atom. The molecule has 4 heteroatoms. The van der Waals surface area contributed by atoms with Gasteiger partial charge in [0.15, 0.2) is 0 Å². The van der Waals surface area contributed by atoms with E-state index in [-0.39, 0.29) is 24.5 Å². The summed E-state index contributed by atoms with van der Waals surface area (Å²) in [6, 6.07) is 25.2. The van der Waals surface area contributed by atoms with E-state index in [2.05, 4.69) is 16.4 Å². The van der Waals surface area contributed by atoms with Crippen molar-refractivity contribution in [3.8, 4) is 11.1 Å². The molecule has 1 heterocycles. The minimum atomic E-state index is -0.387. The van der Waals surface area contributed by atoms with Gasteiger partial charge in [0, 0.05) is 28.6 Å². The zero-order valence-corrected chi connectivity index (χ0v) is 16.3. The quantitative estimate of drug-likeness (QED) is 0.450. The van der Waals surface area contributed by atoms with E-state index < -0.39 is 0 Å². The highest BCUT2D eigenvalue weighted by molar-refractivity contribution is 5.95. The zero-order valence-electron chi connectivity index (χ0n) is 16.3. The minimum Gasteiger partial charge on any atom is -0.394 e. The van der Waals surface area contributed by atoms with Gasteiger partial charge >= 0.3 is 0 Å². The summed E-state index contributed by atoms with van der Waals surface area (Å²) < 4.78 is 0. The van der Waals surface area contributed by atoms with E-state index in [1.54, 1.807) is 6.07 Å². The number of aromatic amines is 1. The highest BCUT2D eigenvalue weighted by atomic mass is 16.3. The maximum Gasteiger partial charge on any atom is 0.251 e. The van der Waals surface area contributed by atoms with E-state index in [1.165, 1.54) is 0 Å². The van der Waals surface area contributed by atoms with Crippen LogP contribution in [0.1, 0.15) is 28.8 Å². The van der Waals surface area contributed by atoms with Crippen molar-refractivity contribution >= 4 is 16.8 Å². The Labute approximate surface area is 170 Å². The number of hydrogen-bond acceptors (Lipinski definition) is 2. The fourth-order valence-corrected chi connectivity index (χ4v) is 3.74. The molecule has 0 radical (unpaired) electrons. The molecule has 4 rings (SSSR count). The van der Waals surface area contributed by atoms with Gasteiger partial charge in [0.25, 0.3) is 5.91 Å². The second kappa shape index (κ2) is 8.33. The number of carbonyl (C=O) groups excluding carboxylic acids is 1. The molecule has 1 amide bonds. The number of aromatic nitrogens is 1. The summed E-state index contributed by atoms with van der Waals surface area (Å²) in [7, 11) is 0. The van der Waals surface area contributed by atoms with Crippen molar-refractivity contribution in [2.75, 3.05) is 6.61 Å².